The Hall–Kier alpha value is -2.91. The molecule has 28 heavy (non-hydrogen) atoms. The second-order valence-electron chi connectivity index (χ2n) is 6.71. The van der Waals surface area contributed by atoms with Crippen LogP contribution in [0.5, 0.6) is 0 Å². The van der Waals surface area contributed by atoms with Crippen LogP contribution in [0.2, 0.25) is 0 Å². The number of para-hydroxylation sites is 1. The number of fused-ring (bicyclic) bond motifs is 1. The van der Waals surface area contributed by atoms with E-state index >= 15 is 0 Å². The SMILES string of the molecule is O=C1CC(=O)Nc2cc(S(=O)(=O)N3CCN(c4ccccc4)CC3)ccc2N1. The summed E-state index contributed by atoms with van der Waals surface area (Å²) in [4.78, 5) is 25.6. The van der Waals surface area contributed by atoms with Crippen LogP contribution < -0.4 is 15.5 Å². The van der Waals surface area contributed by atoms with Crippen LogP contribution in [0.15, 0.2) is 53.4 Å². The van der Waals surface area contributed by atoms with E-state index in [1.165, 1.54) is 22.5 Å². The molecule has 1 fully saturated rings. The van der Waals surface area contributed by atoms with Crippen molar-refractivity contribution in [3.63, 3.8) is 0 Å². The predicted octanol–water partition coefficient (Wildman–Crippen LogP) is 1.48. The van der Waals surface area contributed by atoms with Crippen LogP contribution in [0.4, 0.5) is 17.1 Å². The quantitative estimate of drug-likeness (QED) is 0.761. The summed E-state index contributed by atoms with van der Waals surface area (Å²) in [6, 6.07) is 14.2. The number of anilines is 3. The van der Waals surface area contributed by atoms with Gasteiger partial charge in [-0.2, -0.15) is 4.31 Å². The number of nitrogens with one attached hydrogen (secondary N) is 2. The summed E-state index contributed by atoms with van der Waals surface area (Å²) in [5.41, 5.74) is 1.76. The summed E-state index contributed by atoms with van der Waals surface area (Å²) >= 11 is 0. The van der Waals surface area contributed by atoms with E-state index < -0.39 is 21.8 Å². The zero-order valence-electron chi connectivity index (χ0n) is 15.1. The molecule has 1 saturated heterocycles. The normalized spacial score (nSPS) is 18.1. The van der Waals surface area contributed by atoms with Gasteiger partial charge in [0, 0.05) is 31.9 Å². The Morgan fingerprint density at radius 1 is 0.786 bits per heavy atom. The Bertz CT molecular complexity index is 1020. The number of carbonyl (C=O) groups is 2. The lowest BCUT2D eigenvalue weighted by atomic mass is 10.2. The van der Waals surface area contributed by atoms with Crippen molar-refractivity contribution in [3.8, 4) is 0 Å². The third-order valence-corrected chi connectivity index (χ3v) is 6.75. The molecule has 9 heteroatoms. The Kier molecular flexibility index (Phi) is 4.78. The van der Waals surface area contributed by atoms with Gasteiger partial charge in [0.15, 0.2) is 0 Å². The molecule has 0 aliphatic carbocycles. The fraction of sp³-hybridized carbons (Fsp3) is 0.263. The lowest BCUT2D eigenvalue weighted by molar-refractivity contribution is -0.123. The number of piperazine rings is 1. The summed E-state index contributed by atoms with van der Waals surface area (Å²) in [6.07, 6.45) is -0.293. The minimum absolute atomic E-state index is 0.0934. The van der Waals surface area contributed by atoms with Crippen molar-refractivity contribution in [2.75, 3.05) is 41.7 Å². The molecule has 2 heterocycles. The maximum Gasteiger partial charge on any atom is 0.243 e. The number of carbonyl (C=O) groups excluding carboxylic acids is 2. The second-order valence-corrected chi connectivity index (χ2v) is 8.65. The number of rotatable bonds is 3. The molecule has 2 aliphatic heterocycles. The molecular weight excluding hydrogens is 380 g/mol. The van der Waals surface area contributed by atoms with Gasteiger partial charge < -0.3 is 15.5 Å². The lowest BCUT2D eigenvalue weighted by Crippen LogP contribution is -2.48. The number of hydrogen-bond acceptors (Lipinski definition) is 5. The first-order valence-corrected chi connectivity index (χ1v) is 10.4. The fourth-order valence-electron chi connectivity index (χ4n) is 3.41. The zero-order valence-corrected chi connectivity index (χ0v) is 15.9. The van der Waals surface area contributed by atoms with Crippen LogP contribution in [0.1, 0.15) is 6.42 Å². The first-order valence-electron chi connectivity index (χ1n) is 8.97. The molecule has 2 aromatic rings. The van der Waals surface area contributed by atoms with E-state index in [-0.39, 0.29) is 11.3 Å². The van der Waals surface area contributed by atoms with Crippen molar-refractivity contribution in [1.29, 1.82) is 0 Å². The van der Waals surface area contributed by atoms with Gasteiger partial charge in [-0.15, -0.1) is 0 Å². The average molecular weight is 400 g/mol. The molecule has 2 aliphatic rings. The van der Waals surface area contributed by atoms with E-state index in [9.17, 15) is 18.0 Å². The second kappa shape index (κ2) is 7.25. The van der Waals surface area contributed by atoms with E-state index in [1.807, 2.05) is 30.3 Å². The summed E-state index contributed by atoms with van der Waals surface area (Å²) in [7, 11) is -3.70. The van der Waals surface area contributed by atoms with Crippen molar-refractivity contribution in [2.24, 2.45) is 0 Å². The number of hydrogen-bond donors (Lipinski definition) is 2. The molecule has 146 valence electrons. The van der Waals surface area contributed by atoms with E-state index in [2.05, 4.69) is 15.5 Å². The van der Waals surface area contributed by atoms with Gasteiger partial charge in [0.1, 0.15) is 6.42 Å². The van der Waals surface area contributed by atoms with Crippen LogP contribution >= 0.6 is 0 Å². The monoisotopic (exact) mass is 400 g/mol. The van der Waals surface area contributed by atoms with Crippen LogP contribution in [-0.2, 0) is 19.6 Å². The summed E-state index contributed by atoms with van der Waals surface area (Å²) in [5.74, 6) is -0.897. The van der Waals surface area contributed by atoms with E-state index in [0.29, 0.717) is 37.6 Å². The molecule has 8 nitrogen and oxygen atoms in total. The summed E-state index contributed by atoms with van der Waals surface area (Å²) in [6.45, 7) is 1.94. The predicted molar refractivity (Wildman–Crippen MR) is 106 cm³/mol. The van der Waals surface area contributed by atoms with Crippen molar-refractivity contribution in [2.45, 2.75) is 11.3 Å². The van der Waals surface area contributed by atoms with Gasteiger partial charge in [0.05, 0.1) is 16.3 Å². The first-order chi connectivity index (χ1) is 13.4. The zero-order chi connectivity index (χ0) is 19.7. The fourth-order valence-corrected chi connectivity index (χ4v) is 4.85. The van der Waals surface area contributed by atoms with Crippen molar-refractivity contribution < 1.29 is 18.0 Å². The van der Waals surface area contributed by atoms with Crippen LogP contribution in [0.3, 0.4) is 0 Å². The Labute approximate surface area is 163 Å². The van der Waals surface area contributed by atoms with E-state index in [4.69, 9.17) is 0 Å². The van der Waals surface area contributed by atoms with E-state index in [1.54, 1.807) is 0 Å². The van der Waals surface area contributed by atoms with Crippen LogP contribution in [0, 0.1) is 0 Å². The highest BCUT2D eigenvalue weighted by molar-refractivity contribution is 7.89. The largest absolute Gasteiger partial charge is 0.369 e. The minimum Gasteiger partial charge on any atom is -0.369 e. The first kappa shape index (κ1) is 18.5. The molecule has 0 atom stereocenters. The van der Waals surface area contributed by atoms with Gasteiger partial charge in [-0.1, -0.05) is 18.2 Å². The van der Waals surface area contributed by atoms with Gasteiger partial charge in [0.2, 0.25) is 21.8 Å². The van der Waals surface area contributed by atoms with Gasteiger partial charge in [-0.25, -0.2) is 8.42 Å². The number of benzene rings is 2. The molecule has 2 N–H and O–H groups in total. The molecule has 0 saturated carbocycles. The molecular formula is C19H20N4O4S. The molecule has 0 unspecified atom stereocenters. The number of sulfonamides is 1. The van der Waals surface area contributed by atoms with Gasteiger partial charge in [0.25, 0.3) is 0 Å². The lowest BCUT2D eigenvalue weighted by Gasteiger charge is -2.35. The topological polar surface area (TPSA) is 98.8 Å². The molecule has 0 bridgehead atoms. The van der Waals surface area contributed by atoms with Gasteiger partial charge in [-0.3, -0.25) is 9.59 Å². The minimum atomic E-state index is -3.70. The standard InChI is InChI=1S/C19H20N4O4S/c24-18-13-19(25)21-17-12-15(6-7-16(17)20-18)28(26,27)23-10-8-22(9-11-23)14-4-2-1-3-5-14/h1-7,12H,8-11,13H2,(H,20,24)(H,21,25). The van der Waals surface area contributed by atoms with Crippen LogP contribution in [-0.4, -0.2) is 50.7 Å². The Morgan fingerprint density at radius 3 is 2.11 bits per heavy atom. The third kappa shape index (κ3) is 3.58. The van der Waals surface area contributed by atoms with Crippen molar-refractivity contribution in [3.05, 3.63) is 48.5 Å². The third-order valence-electron chi connectivity index (χ3n) is 4.86. The molecule has 4 rings (SSSR count). The maximum atomic E-state index is 13.1. The van der Waals surface area contributed by atoms with Crippen molar-refractivity contribution in [1.82, 2.24) is 4.31 Å². The highest BCUT2D eigenvalue weighted by atomic mass is 32.2. The molecule has 0 radical (unpaired) electrons. The maximum absolute atomic E-state index is 13.1. The van der Waals surface area contributed by atoms with Crippen molar-refractivity contribution >= 4 is 38.9 Å². The molecule has 0 spiro atoms. The van der Waals surface area contributed by atoms with E-state index in [0.717, 1.165) is 5.69 Å². The van der Waals surface area contributed by atoms with Crippen LogP contribution in [0.25, 0.3) is 0 Å². The summed E-state index contributed by atoms with van der Waals surface area (Å²) < 4.78 is 27.6. The summed E-state index contributed by atoms with van der Waals surface area (Å²) in [5, 5.41) is 5.18. The van der Waals surface area contributed by atoms with Gasteiger partial charge >= 0.3 is 0 Å². The Balaban J connectivity index is 1.53. The Morgan fingerprint density at radius 2 is 1.43 bits per heavy atom. The molecule has 2 aromatic carbocycles. The number of nitrogens with zero attached hydrogens (tertiary/aromatic N) is 2. The molecule has 0 aromatic heterocycles. The highest BCUT2D eigenvalue weighted by Gasteiger charge is 2.30. The number of amides is 2. The highest BCUT2D eigenvalue weighted by Crippen LogP contribution is 2.29. The average Bonchev–Trinajstić information content (AvgIpc) is 2.84. The van der Waals surface area contributed by atoms with Gasteiger partial charge in [-0.05, 0) is 30.3 Å². The smallest absolute Gasteiger partial charge is 0.243 e. The molecule has 2 amide bonds.